The molecule has 0 aliphatic heterocycles. The summed E-state index contributed by atoms with van der Waals surface area (Å²) >= 11 is 0. The van der Waals surface area contributed by atoms with E-state index in [1.165, 1.54) is 0 Å². The number of aromatic nitrogens is 3. The fourth-order valence-corrected chi connectivity index (χ4v) is 3.76. The van der Waals surface area contributed by atoms with Crippen molar-refractivity contribution in [1.29, 1.82) is 0 Å². The second kappa shape index (κ2) is 7.42. The number of fused-ring (bicyclic) bond motifs is 1. The van der Waals surface area contributed by atoms with E-state index in [2.05, 4.69) is 9.97 Å². The standard InChI is InChI=1S/C19H20F3N3OS/c1-4-27(26)11-13-7-5-6-8-15(13)17-24-16-9-14(19(20,21)22)10-23-18(16)25(17)12(2)3/h5-10,12H,4,11H2,1-3H3. The molecule has 1 atom stereocenters. The minimum Gasteiger partial charge on any atom is -0.306 e. The predicted molar refractivity (Wildman–Crippen MR) is 101 cm³/mol. The van der Waals surface area contributed by atoms with E-state index in [9.17, 15) is 17.4 Å². The maximum Gasteiger partial charge on any atom is 0.417 e. The second-order valence-electron chi connectivity index (χ2n) is 6.49. The summed E-state index contributed by atoms with van der Waals surface area (Å²) in [5, 5.41) is 0. The van der Waals surface area contributed by atoms with Gasteiger partial charge in [0.2, 0.25) is 0 Å². The molecular formula is C19H20F3N3OS. The molecule has 2 heterocycles. The zero-order valence-electron chi connectivity index (χ0n) is 15.2. The Bertz CT molecular complexity index is 996. The number of hydrogen-bond acceptors (Lipinski definition) is 3. The molecule has 0 N–H and O–H groups in total. The lowest BCUT2D eigenvalue weighted by atomic mass is 10.1. The topological polar surface area (TPSA) is 47.8 Å². The largest absolute Gasteiger partial charge is 0.417 e. The predicted octanol–water partition coefficient (Wildman–Crippen LogP) is 4.97. The van der Waals surface area contributed by atoms with Crippen LogP contribution in [0.25, 0.3) is 22.6 Å². The van der Waals surface area contributed by atoms with Crippen LogP contribution in [0.2, 0.25) is 0 Å². The van der Waals surface area contributed by atoms with Crippen LogP contribution < -0.4 is 0 Å². The van der Waals surface area contributed by atoms with Gasteiger partial charge in [0.25, 0.3) is 0 Å². The van der Waals surface area contributed by atoms with Gasteiger partial charge in [-0.25, -0.2) is 9.97 Å². The number of halogens is 3. The van der Waals surface area contributed by atoms with Crippen LogP contribution in [0.1, 0.15) is 37.9 Å². The number of nitrogens with zero attached hydrogens (tertiary/aromatic N) is 3. The highest BCUT2D eigenvalue weighted by atomic mass is 32.2. The molecule has 0 spiro atoms. The summed E-state index contributed by atoms with van der Waals surface area (Å²) in [6, 6.07) is 8.39. The minimum absolute atomic E-state index is 0.0565. The SMILES string of the molecule is CCS(=O)Cc1ccccc1-c1nc2cc(C(F)(F)F)cnc2n1C(C)C. The van der Waals surface area contributed by atoms with Crippen LogP contribution in [-0.4, -0.2) is 24.5 Å². The molecule has 144 valence electrons. The molecule has 0 aliphatic carbocycles. The van der Waals surface area contributed by atoms with E-state index in [4.69, 9.17) is 0 Å². The summed E-state index contributed by atoms with van der Waals surface area (Å²) in [6.07, 6.45) is -3.64. The van der Waals surface area contributed by atoms with Crippen LogP contribution in [0, 0.1) is 0 Å². The Kier molecular flexibility index (Phi) is 5.37. The van der Waals surface area contributed by atoms with Gasteiger partial charge in [-0.3, -0.25) is 4.21 Å². The summed E-state index contributed by atoms with van der Waals surface area (Å²) in [5.41, 5.74) is 1.39. The van der Waals surface area contributed by atoms with Crippen molar-refractivity contribution in [3.63, 3.8) is 0 Å². The molecule has 0 radical (unpaired) electrons. The number of rotatable bonds is 5. The molecule has 0 aliphatic rings. The Balaban J connectivity index is 2.23. The summed E-state index contributed by atoms with van der Waals surface area (Å²) < 4.78 is 53.0. The van der Waals surface area contributed by atoms with Gasteiger partial charge in [0.05, 0.1) is 5.56 Å². The number of pyridine rings is 1. The van der Waals surface area contributed by atoms with Crippen molar-refractivity contribution in [2.24, 2.45) is 0 Å². The molecule has 3 rings (SSSR count). The van der Waals surface area contributed by atoms with Crippen molar-refractivity contribution in [1.82, 2.24) is 14.5 Å². The minimum atomic E-state index is -4.47. The lowest BCUT2D eigenvalue weighted by Gasteiger charge is -2.15. The van der Waals surface area contributed by atoms with Crippen molar-refractivity contribution in [2.45, 2.75) is 38.7 Å². The van der Waals surface area contributed by atoms with Crippen molar-refractivity contribution in [3.8, 4) is 11.4 Å². The molecule has 0 saturated heterocycles. The molecule has 0 fully saturated rings. The van der Waals surface area contributed by atoms with Gasteiger partial charge in [-0.15, -0.1) is 0 Å². The first-order valence-electron chi connectivity index (χ1n) is 8.60. The average Bonchev–Trinajstić information content (AvgIpc) is 2.99. The highest BCUT2D eigenvalue weighted by molar-refractivity contribution is 7.84. The summed E-state index contributed by atoms with van der Waals surface area (Å²) in [5.74, 6) is 1.44. The lowest BCUT2D eigenvalue weighted by molar-refractivity contribution is -0.137. The third-order valence-electron chi connectivity index (χ3n) is 4.27. The van der Waals surface area contributed by atoms with Gasteiger partial charge in [-0.1, -0.05) is 31.2 Å². The molecule has 27 heavy (non-hydrogen) atoms. The van der Waals surface area contributed by atoms with Gasteiger partial charge in [-0.2, -0.15) is 13.2 Å². The van der Waals surface area contributed by atoms with Crippen molar-refractivity contribution in [3.05, 3.63) is 47.7 Å². The number of hydrogen-bond donors (Lipinski definition) is 0. The normalized spacial score (nSPS) is 13.4. The number of benzene rings is 1. The van der Waals surface area contributed by atoms with Crippen LogP contribution in [0.3, 0.4) is 0 Å². The van der Waals surface area contributed by atoms with Gasteiger partial charge in [0.1, 0.15) is 11.3 Å². The smallest absolute Gasteiger partial charge is 0.306 e. The van der Waals surface area contributed by atoms with Gasteiger partial charge in [-0.05, 0) is 25.5 Å². The molecule has 1 aromatic carbocycles. The molecule has 0 saturated carbocycles. The molecule has 2 aromatic heterocycles. The van der Waals surface area contributed by atoms with Crippen molar-refractivity contribution < 1.29 is 17.4 Å². The average molecular weight is 395 g/mol. The van der Waals surface area contributed by atoms with Gasteiger partial charge in [0, 0.05) is 40.1 Å². The first kappa shape index (κ1) is 19.5. The first-order chi connectivity index (χ1) is 12.7. The monoisotopic (exact) mass is 395 g/mol. The highest BCUT2D eigenvalue weighted by Crippen LogP contribution is 2.34. The Morgan fingerprint density at radius 3 is 2.56 bits per heavy atom. The third kappa shape index (κ3) is 3.90. The van der Waals surface area contributed by atoms with E-state index in [-0.39, 0.29) is 11.6 Å². The van der Waals surface area contributed by atoms with Crippen LogP contribution in [0.4, 0.5) is 13.2 Å². The molecule has 8 heteroatoms. The Hall–Kier alpha value is -2.22. The van der Waals surface area contributed by atoms with Crippen LogP contribution >= 0.6 is 0 Å². The highest BCUT2D eigenvalue weighted by Gasteiger charge is 2.32. The first-order valence-corrected chi connectivity index (χ1v) is 10.1. The van der Waals surface area contributed by atoms with Crippen molar-refractivity contribution >= 4 is 22.0 Å². The zero-order chi connectivity index (χ0) is 19.8. The van der Waals surface area contributed by atoms with E-state index in [0.717, 1.165) is 23.4 Å². The van der Waals surface area contributed by atoms with Gasteiger partial charge in [0.15, 0.2) is 5.65 Å². The maximum absolute atomic E-state index is 13.0. The fourth-order valence-electron chi connectivity index (χ4n) is 2.96. The van der Waals surface area contributed by atoms with Crippen LogP contribution in [0.15, 0.2) is 36.5 Å². The lowest BCUT2D eigenvalue weighted by Crippen LogP contribution is -2.08. The van der Waals surface area contributed by atoms with Crippen LogP contribution in [-0.2, 0) is 22.7 Å². The summed E-state index contributed by atoms with van der Waals surface area (Å²) in [4.78, 5) is 8.52. The molecule has 0 bridgehead atoms. The summed E-state index contributed by atoms with van der Waals surface area (Å²) in [6.45, 7) is 5.71. The quantitative estimate of drug-likeness (QED) is 0.613. The molecular weight excluding hydrogens is 375 g/mol. The Morgan fingerprint density at radius 1 is 1.22 bits per heavy atom. The van der Waals surface area contributed by atoms with Gasteiger partial charge < -0.3 is 4.57 Å². The maximum atomic E-state index is 13.0. The number of imidazole rings is 1. The second-order valence-corrected chi connectivity index (χ2v) is 8.24. The van der Waals surface area contributed by atoms with E-state index < -0.39 is 22.5 Å². The Labute approximate surface area is 157 Å². The van der Waals surface area contributed by atoms with E-state index in [1.54, 1.807) is 0 Å². The van der Waals surface area contributed by atoms with Gasteiger partial charge >= 0.3 is 6.18 Å². The van der Waals surface area contributed by atoms with Crippen molar-refractivity contribution in [2.75, 3.05) is 5.75 Å². The number of alkyl halides is 3. The van der Waals surface area contributed by atoms with Crippen LogP contribution in [0.5, 0.6) is 0 Å². The van der Waals surface area contributed by atoms with E-state index in [1.807, 2.05) is 49.6 Å². The fraction of sp³-hybridized carbons (Fsp3) is 0.368. The molecule has 0 amide bonds. The van der Waals surface area contributed by atoms with E-state index >= 15 is 0 Å². The Morgan fingerprint density at radius 2 is 1.93 bits per heavy atom. The molecule has 4 nitrogen and oxygen atoms in total. The zero-order valence-corrected chi connectivity index (χ0v) is 16.1. The molecule has 3 aromatic rings. The molecule has 1 unspecified atom stereocenters. The summed E-state index contributed by atoms with van der Waals surface area (Å²) in [7, 11) is -1.01. The third-order valence-corrected chi connectivity index (χ3v) is 5.55. The van der Waals surface area contributed by atoms with E-state index in [0.29, 0.717) is 23.0 Å².